The van der Waals surface area contributed by atoms with Crippen molar-refractivity contribution in [3.8, 4) is 28.4 Å². The normalized spacial score (nSPS) is 12.8. The van der Waals surface area contributed by atoms with E-state index in [1.807, 2.05) is 30.5 Å². The summed E-state index contributed by atoms with van der Waals surface area (Å²) >= 11 is 0. The number of hydrogen-bond donors (Lipinski definition) is 0. The largest absolute Gasteiger partial charge is 0.509 e. The zero-order valence-electron chi connectivity index (χ0n) is 39.2. The Morgan fingerprint density at radius 2 is 1.19 bits per heavy atom. The zero-order valence-corrected chi connectivity index (χ0v) is 41.4. The molecule has 0 unspecified atom stereocenters. The van der Waals surface area contributed by atoms with Crippen molar-refractivity contribution in [1.29, 1.82) is 0 Å². The quantitative estimate of drug-likeness (QED) is 0.156. The van der Waals surface area contributed by atoms with Crippen molar-refractivity contribution >= 4 is 88.2 Å². The molecule has 4 aromatic heterocycles. The van der Waals surface area contributed by atoms with Gasteiger partial charge >= 0.3 is 0 Å². The number of para-hydroxylation sites is 4. The van der Waals surface area contributed by atoms with E-state index in [4.69, 9.17) is 9.72 Å². The number of ether oxygens (including phenoxy) is 1. The van der Waals surface area contributed by atoms with Gasteiger partial charge in [0.25, 0.3) is 0 Å². The van der Waals surface area contributed by atoms with Crippen LogP contribution in [0.1, 0.15) is 31.9 Å². The maximum absolute atomic E-state index is 6.76. The molecule has 0 amide bonds. The number of fused-ring (bicyclic) bond motifs is 10. The number of benzene rings is 8. The molecule has 340 valence electrons. The molecule has 0 aliphatic carbocycles. The third-order valence-electron chi connectivity index (χ3n) is 14.1. The molecule has 0 spiro atoms. The molecule has 1 aliphatic rings. The van der Waals surface area contributed by atoms with Crippen LogP contribution in [0.2, 0.25) is 0 Å². The topological polar surface area (TPSA) is 43.4 Å². The van der Waals surface area contributed by atoms with Crippen molar-refractivity contribution in [3.05, 3.63) is 200 Å². The minimum absolute atomic E-state index is 0. The van der Waals surface area contributed by atoms with Crippen LogP contribution in [0.3, 0.4) is 0 Å². The van der Waals surface area contributed by atoms with Crippen LogP contribution in [0.5, 0.6) is 11.5 Å². The van der Waals surface area contributed by atoms with E-state index in [0.29, 0.717) is 11.5 Å². The molecule has 0 atom stereocenters. The van der Waals surface area contributed by atoms with E-state index < -0.39 is 0 Å². The molecule has 7 nitrogen and oxygen atoms in total. The monoisotopic (exact) mass is 1070 g/mol. The predicted molar refractivity (Wildman–Crippen MR) is 281 cm³/mol. The maximum Gasteiger partial charge on any atom is 0.135 e. The number of aromatic nitrogens is 4. The third-order valence-corrected chi connectivity index (χ3v) is 14.1. The molecule has 0 saturated carbocycles. The Balaban J connectivity index is 0.00000492. The number of nitrogens with zero attached hydrogens (tertiary/aromatic N) is 6. The summed E-state index contributed by atoms with van der Waals surface area (Å²) in [5.74, 6) is 2.02. The van der Waals surface area contributed by atoms with Crippen molar-refractivity contribution in [1.82, 2.24) is 18.7 Å². The van der Waals surface area contributed by atoms with Crippen molar-refractivity contribution < 1.29 is 25.8 Å². The van der Waals surface area contributed by atoms with Crippen LogP contribution in [-0.2, 0) is 40.6 Å². The van der Waals surface area contributed by atoms with Crippen LogP contribution in [-0.4, -0.2) is 18.7 Å². The van der Waals surface area contributed by atoms with Crippen LogP contribution >= 0.6 is 0 Å². The third kappa shape index (κ3) is 6.62. The fourth-order valence-electron chi connectivity index (χ4n) is 10.7. The van der Waals surface area contributed by atoms with Gasteiger partial charge in [-0.05, 0) is 76.9 Å². The van der Waals surface area contributed by atoms with Gasteiger partial charge in [-0.1, -0.05) is 117 Å². The first-order chi connectivity index (χ1) is 33.1. The van der Waals surface area contributed by atoms with E-state index >= 15 is 0 Å². The van der Waals surface area contributed by atoms with Crippen molar-refractivity contribution in [3.63, 3.8) is 0 Å². The molecule has 5 heterocycles. The summed E-state index contributed by atoms with van der Waals surface area (Å²) in [5.41, 5.74) is 15.5. The standard InChI is InChI=1S/C61H47N6O.Pt/c1-38-31-57(62-36-50(38)39-17-8-7-9-18-39)67-53-30-27-40(61(2,3)4)32-47(53)46-29-28-43(34-56(46)67)68-42-20-16-19-41(33-42)65-37-66(55-26-15-14-25-54(55)65)60-58-48(44-21-10-12-23-51(44)63(58)5)35-49-45-22-11-13-24-52(45)64(6)59(49)60;/h7-32,35-37H,1-6H3;/q-3;. The Morgan fingerprint density at radius 1 is 0.551 bits per heavy atom. The fraction of sp³-hybridized carbons (Fsp3) is 0.115. The maximum atomic E-state index is 6.76. The van der Waals surface area contributed by atoms with Crippen molar-refractivity contribution in [2.45, 2.75) is 33.1 Å². The molecule has 69 heavy (non-hydrogen) atoms. The first kappa shape index (κ1) is 42.7. The van der Waals surface area contributed by atoms with Gasteiger partial charge in [-0.2, -0.15) is 12.1 Å². The average Bonchev–Trinajstić information content (AvgIpc) is 4.07. The molecule has 8 aromatic carbocycles. The molecule has 0 radical (unpaired) electrons. The second-order valence-corrected chi connectivity index (χ2v) is 19.1. The summed E-state index contributed by atoms with van der Waals surface area (Å²) in [4.78, 5) is 9.68. The molecular formula is C61H47N6OPt-3. The van der Waals surface area contributed by atoms with Gasteiger partial charge in [-0.25, -0.2) is 4.98 Å². The Labute approximate surface area is 415 Å². The van der Waals surface area contributed by atoms with Crippen LogP contribution in [0.25, 0.3) is 82.4 Å². The molecule has 1 aliphatic heterocycles. The van der Waals surface area contributed by atoms with E-state index in [9.17, 15) is 0 Å². The summed E-state index contributed by atoms with van der Waals surface area (Å²) in [5, 5.41) is 7.17. The van der Waals surface area contributed by atoms with Gasteiger partial charge in [0.05, 0.1) is 16.7 Å². The van der Waals surface area contributed by atoms with Crippen molar-refractivity contribution in [2.75, 3.05) is 9.80 Å². The second-order valence-electron chi connectivity index (χ2n) is 19.1. The molecular weight excluding hydrogens is 1030 g/mol. The Kier molecular flexibility index (Phi) is 9.91. The Morgan fingerprint density at radius 3 is 1.87 bits per heavy atom. The van der Waals surface area contributed by atoms with Gasteiger partial charge < -0.3 is 28.2 Å². The smallest absolute Gasteiger partial charge is 0.135 e. The summed E-state index contributed by atoms with van der Waals surface area (Å²) in [6.07, 6.45) is 1.99. The molecule has 0 bridgehead atoms. The summed E-state index contributed by atoms with van der Waals surface area (Å²) in [6, 6.07) is 65.5. The van der Waals surface area contributed by atoms with Gasteiger partial charge in [0, 0.05) is 108 Å². The van der Waals surface area contributed by atoms with Crippen LogP contribution < -0.4 is 14.5 Å². The molecule has 13 rings (SSSR count). The van der Waals surface area contributed by atoms with Crippen LogP contribution in [0.15, 0.2) is 170 Å². The first-order valence-electron chi connectivity index (χ1n) is 23.2. The zero-order chi connectivity index (χ0) is 46.0. The van der Waals surface area contributed by atoms with Crippen LogP contribution in [0.4, 0.5) is 22.7 Å². The van der Waals surface area contributed by atoms with Gasteiger partial charge in [0.1, 0.15) is 5.82 Å². The SMILES string of the molecule is Cc1cc(-n2c3[c-]c(Oc4[c-]c(N5[CH-]N(c6c7c(cc8c9ccccc9n(C)c68)c6ccccc6n7C)c6ccccc65)ccc4)ccc3c3cc(C(C)(C)C)ccc32)ncc1-c1ccccc1.[Pt]. The Bertz CT molecular complexity index is 3930. The fourth-order valence-corrected chi connectivity index (χ4v) is 10.7. The predicted octanol–water partition coefficient (Wildman–Crippen LogP) is 15.5. The second kappa shape index (κ2) is 16.0. The van der Waals surface area contributed by atoms with Gasteiger partial charge in [-0.3, -0.25) is 0 Å². The molecule has 12 aromatic rings. The minimum Gasteiger partial charge on any atom is -0.509 e. The number of anilines is 4. The molecule has 0 N–H and O–H groups in total. The van der Waals surface area contributed by atoms with E-state index in [0.717, 1.165) is 67.1 Å². The first-order valence-corrected chi connectivity index (χ1v) is 23.2. The summed E-state index contributed by atoms with van der Waals surface area (Å²) in [7, 11) is 4.38. The van der Waals surface area contributed by atoms with Gasteiger partial charge in [-0.15, -0.1) is 48.1 Å². The minimum atomic E-state index is -0.0156. The average molecular weight is 1080 g/mol. The molecule has 0 saturated heterocycles. The number of aryl methyl sites for hydroxylation is 3. The Hall–Kier alpha value is -7.60. The van der Waals surface area contributed by atoms with Crippen LogP contribution in [0, 0.1) is 25.7 Å². The summed E-state index contributed by atoms with van der Waals surface area (Å²) in [6.45, 7) is 11.1. The molecule has 8 heteroatoms. The van der Waals surface area contributed by atoms with E-state index in [1.165, 1.54) is 49.2 Å². The van der Waals surface area contributed by atoms with Gasteiger partial charge in [0.2, 0.25) is 0 Å². The number of pyridine rings is 1. The van der Waals surface area contributed by atoms with E-state index in [-0.39, 0.29) is 26.5 Å². The molecule has 0 fully saturated rings. The number of hydrogen-bond acceptors (Lipinski definition) is 4. The summed E-state index contributed by atoms with van der Waals surface area (Å²) < 4.78 is 13.7. The van der Waals surface area contributed by atoms with E-state index in [2.05, 4.69) is 224 Å². The number of rotatable bonds is 6. The van der Waals surface area contributed by atoms with E-state index in [1.54, 1.807) is 0 Å². The van der Waals surface area contributed by atoms with Gasteiger partial charge in [0.15, 0.2) is 0 Å². The van der Waals surface area contributed by atoms with Crippen molar-refractivity contribution in [2.24, 2.45) is 14.1 Å².